The highest BCUT2D eigenvalue weighted by Crippen LogP contribution is 2.17. The van der Waals surface area contributed by atoms with Gasteiger partial charge in [-0.15, -0.1) is 0 Å². The highest BCUT2D eigenvalue weighted by molar-refractivity contribution is 5.46. The molecule has 2 nitrogen and oxygen atoms in total. The van der Waals surface area contributed by atoms with Gasteiger partial charge in [0.1, 0.15) is 5.82 Å². The van der Waals surface area contributed by atoms with E-state index in [2.05, 4.69) is 6.92 Å². The number of para-hydroxylation sites is 1. The minimum Gasteiger partial charge on any atom is -0.371 e. The van der Waals surface area contributed by atoms with E-state index in [1.165, 1.54) is 6.07 Å². The zero-order chi connectivity index (χ0) is 11.3. The molecule has 0 aliphatic carbocycles. The number of hydrogen-bond acceptors (Lipinski definition) is 2. The third kappa shape index (κ3) is 3.51. The van der Waals surface area contributed by atoms with Gasteiger partial charge in [-0.1, -0.05) is 25.5 Å². The maximum absolute atomic E-state index is 13.4. The summed E-state index contributed by atoms with van der Waals surface area (Å²) in [5, 5.41) is 0. The summed E-state index contributed by atoms with van der Waals surface area (Å²) in [4.78, 5) is 1.87. The minimum atomic E-state index is -0.191. The van der Waals surface area contributed by atoms with Crippen molar-refractivity contribution < 1.29 is 4.39 Å². The van der Waals surface area contributed by atoms with Gasteiger partial charge in [0.2, 0.25) is 0 Å². The maximum Gasteiger partial charge on any atom is 0.146 e. The van der Waals surface area contributed by atoms with Gasteiger partial charge < -0.3 is 10.6 Å². The molecule has 0 spiro atoms. The summed E-state index contributed by atoms with van der Waals surface area (Å²) in [5.74, 6) is -0.191. The first-order valence-electron chi connectivity index (χ1n) is 5.36. The molecule has 0 heterocycles. The quantitative estimate of drug-likeness (QED) is 0.808. The predicted octanol–water partition coefficient (Wildman–Crippen LogP) is 2.39. The van der Waals surface area contributed by atoms with E-state index < -0.39 is 0 Å². The average Bonchev–Trinajstić information content (AvgIpc) is 2.18. The van der Waals surface area contributed by atoms with Gasteiger partial charge in [0, 0.05) is 19.6 Å². The first-order valence-corrected chi connectivity index (χ1v) is 5.36. The minimum absolute atomic E-state index is 0.111. The van der Waals surface area contributed by atoms with Crippen LogP contribution in [0.4, 0.5) is 10.1 Å². The number of halogens is 1. The number of hydrogen-bond donors (Lipinski definition) is 1. The van der Waals surface area contributed by atoms with Crippen molar-refractivity contribution in [2.24, 2.45) is 5.73 Å². The molecule has 15 heavy (non-hydrogen) atoms. The zero-order valence-corrected chi connectivity index (χ0v) is 9.41. The molecule has 0 radical (unpaired) electrons. The Hall–Kier alpha value is -1.09. The number of rotatable bonds is 5. The van der Waals surface area contributed by atoms with E-state index in [1.807, 2.05) is 18.0 Å². The van der Waals surface area contributed by atoms with Gasteiger partial charge in [-0.05, 0) is 18.6 Å². The normalized spacial score (nSPS) is 12.5. The van der Waals surface area contributed by atoms with Gasteiger partial charge in [-0.3, -0.25) is 0 Å². The van der Waals surface area contributed by atoms with E-state index in [4.69, 9.17) is 5.73 Å². The molecule has 1 aromatic rings. The third-order valence-electron chi connectivity index (χ3n) is 2.43. The summed E-state index contributed by atoms with van der Waals surface area (Å²) in [7, 11) is 1.87. The largest absolute Gasteiger partial charge is 0.371 e. The van der Waals surface area contributed by atoms with Crippen molar-refractivity contribution in [3.63, 3.8) is 0 Å². The van der Waals surface area contributed by atoms with Crippen LogP contribution < -0.4 is 10.6 Å². The van der Waals surface area contributed by atoms with Crippen LogP contribution in [0.25, 0.3) is 0 Å². The fourth-order valence-electron chi connectivity index (χ4n) is 1.67. The van der Waals surface area contributed by atoms with Crippen molar-refractivity contribution in [1.82, 2.24) is 0 Å². The van der Waals surface area contributed by atoms with E-state index >= 15 is 0 Å². The SMILES string of the molecule is CCCC(N)CN(C)c1ccccc1F. The molecule has 0 aliphatic rings. The predicted molar refractivity (Wildman–Crippen MR) is 62.6 cm³/mol. The summed E-state index contributed by atoms with van der Waals surface area (Å²) in [6.45, 7) is 2.79. The van der Waals surface area contributed by atoms with Gasteiger partial charge in [0.25, 0.3) is 0 Å². The van der Waals surface area contributed by atoms with Crippen molar-refractivity contribution in [2.45, 2.75) is 25.8 Å². The summed E-state index contributed by atoms with van der Waals surface area (Å²) >= 11 is 0. The van der Waals surface area contributed by atoms with Crippen molar-refractivity contribution in [3.05, 3.63) is 30.1 Å². The molecule has 1 unspecified atom stereocenters. The van der Waals surface area contributed by atoms with Crippen LogP contribution in [0.5, 0.6) is 0 Å². The monoisotopic (exact) mass is 210 g/mol. The Bertz CT molecular complexity index is 301. The van der Waals surface area contributed by atoms with Crippen LogP contribution in [-0.4, -0.2) is 19.6 Å². The fraction of sp³-hybridized carbons (Fsp3) is 0.500. The Kier molecular flexibility index (Phi) is 4.56. The van der Waals surface area contributed by atoms with Gasteiger partial charge in [0.05, 0.1) is 5.69 Å². The van der Waals surface area contributed by atoms with E-state index in [0.717, 1.165) is 12.8 Å². The molecule has 2 N–H and O–H groups in total. The molecule has 0 bridgehead atoms. The Balaban J connectivity index is 2.61. The molecule has 0 fully saturated rings. The molecule has 1 atom stereocenters. The third-order valence-corrected chi connectivity index (χ3v) is 2.43. The molecule has 1 rings (SSSR count). The Morgan fingerprint density at radius 2 is 2.07 bits per heavy atom. The van der Waals surface area contributed by atoms with Gasteiger partial charge >= 0.3 is 0 Å². The molecule has 0 aromatic heterocycles. The molecule has 0 saturated heterocycles. The topological polar surface area (TPSA) is 29.3 Å². The maximum atomic E-state index is 13.4. The molecule has 3 heteroatoms. The zero-order valence-electron chi connectivity index (χ0n) is 9.41. The van der Waals surface area contributed by atoms with E-state index in [1.54, 1.807) is 12.1 Å². The first kappa shape index (κ1) is 12.0. The number of likely N-dealkylation sites (N-methyl/N-ethyl adjacent to an activating group) is 1. The second-order valence-electron chi connectivity index (χ2n) is 3.88. The molecular weight excluding hydrogens is 191 g/mol. The number of benzene rings is 1. The van der Waals surface area contributed by atoms with Gasteiger partial charge in [-0.25, -0.2) is 4.39 Å². The Morgan fingerprint density at radius 3 is 2.67 bits per heavy atom. The van der Waals surface area contributed by atoms with Crippen LogP contribution in [-0.2, 0) is 0 Å². The number of nitrogens with zero attached hydrogens (tertiary/aromatic N) is 1. The lowest BCUT2D eigenvalue weighted by atomic mass is 10.1. The van der Waals surface area contributed by atoms with Crippen LogP contribution in [0.15, 0.2) is 24.3 Å². The van der Waals surface area contributed by atoms with Gasteiger partial charge in [0.15, 0.2) is 0 Å². The Morgan fingerprint density at radius 1 is 1.40 bits per heavy atom. The second-order valence-corrected chi connectivity index (χ2v) is 3.88. The molecule has 0 amide bonds. The van der Waals surface area contributed by atoms with E-state index in [-0.39, 0.29) is 11.9 Å². The van der Waals surface area contributed by atoms with Crippen molar-refractivity contribution in [1.29, 1.82) is 0 Å². The highest BCUT2D eigenvalue weighted by Gasteiger charge is 2.09. The van der Waals surface area contributed by atoms with Gasteiger partial charge in [-0.2, -0.15) is 0 Å². The lowest BCUT2D eigenvalue weighted by Crippen LogP contribution is -2.35. The van der Waals surface area contributed by atoms with Crippen molar-refractivity contribution in [2.75, 3.05) is 18.5 Å². The number of nitrogens with two attached hydrogens (primary N) is 1. The highest BCUT2D eigenvalue weighted by atomic mass is 19.1. The van der Waals surface area contributed by atoms with Crippen LogP contribution in [0.2, 0.25) is 0 Å². The van der Waals surface area contributed by atoms with E-state index in [0.29, 0.717) is 12.2 Å². The molecule has 1 aromatic carbocycles. The summed E-state index contributed by atoms with van der Waals surface area (Å²) in [5.41, 5.74) is 6.52. The van der Waals surface area contributed by atoms with Crippen LogP contribution in [0.1, 0.15) is 19.8 Å². The molecular formula is C12H19FN2. The first-order chi connectivity index (χ1) is 7.15. The van der Waals surface area contributed by atoms with Crippen LogP contribution in [0, 0.1) is 5.82 Å². The average molecular weight is 210 g/mol. The number of anilines is 1. The molecule has 0 saturated carbocycles. The summed E-state index contributed by atoms with van der Waals surface area (Å²) in [6.07, 6.45) is 2.03. The van der Waals surface area contributed by atoms with Crippen LogP contribution >= 0.6 is 0 Å². The lowest BCUT2D eigenvalue weighted by molar-refractivity contribution is 0.582. The van der Waals surface area contributed by atoms with Crippen LogP contribution in [0.3, 0.4) is 0 Å². The Labute approximate surface area is 90.9 Å². The summed E-state index contributed by atoms with van der Waals surface area (Å²) < 4.78 is 13.4. The standard InChI is InChI=1S/C12H19FN2/c1-3-6-10(14)9-15(2)12-8-5-4-7-11(12)13/h4-5,7-8,10H,3,6,9,14H2,1-2H3. The van der Waals surface area contributed by atoms with Crippen molar-refractivity contribution >= 4 is 5.69 Å². The molecule has 84 valence electrons. The van der Waals surface area contributed by atoms with E-state index in [9.17, 15) is 4.39 Å². The summed E-state index contributed by atoms with van der Waals surface area (Å²) in [6, 6.07) is 6.88. The second kappa shape index (κ2) is 5.71. The lowest BCUT2D eigenvalue weighted by Gasteiger charge is -2.23. The fourth-order valence-corrected chi connectivity index (χ4v) is 1.67. The molecule has 0 aliphatic heterocycles. The smallest absolute Gasteiger partial charge is 0.146 e. The van der Waals surface area contributed by atoms with Crippen molar-refractivity contribution in [3.8, 4) is 0 Å².